The van der Waals surface area contributed by atoms with E-state index in [9.17, 15) is 10.1 Å². The predicted molar refractivity (Wildman–Crippen MR) is 67.1 cm³/mol. The van der Waals surface area contributed by atoms with Gasteiger partial charge in [0.25, 0.3) is 0 Å². The second kappa shape index (κ2) is 3.70. The van der Waals surface area contributed by atoms with E-state index in [0.717, 1.165) is 25.7 Å². The fourth-order valence-electron chi connectivity index (χ4n) is 4.21. The third-order valence-electron chi connectivity index (χ3n) is 4.93. The zero-order valence-corrected chi connectivity index (χ0v) is 11.0. The van der Waals surface area contributed by atoms with Crippen molar-refractivity contribution in [1.82, 2.24) is 0 Å². The lowest BCUT2D eigenvalue weighted by Gasteiger charge is -2.54. The second-order valence-corrected chi connectivity index (χ2v) is 6.64. The molecule has 2 fully saturated rings. The molecule has 0 heterocycles. The number of ketones is 1. The Morgan fingerprint density at radius 2 is 2.06 bits per heavy atom. The molecule has 1 unspecified atom stereocenters. The average molecular weight is 231 g/mol. The Labute approximate surface area is 104 Å². The van der Waals surface area contributed by atoms with Gasteiger partial charge in [-0.3, -0.25) is 4.79 Å². The molecule has 0 spiro atoms. The number of fused-ring (bicyclic) bond motifs is 1. The quantitative estimate of drug-likeness (QED) is 0.599. The van der Waals surface area contributed by atoms with E-state index < -0.39 is 5.92 Å². The van der Waals surface area contributed by atoms with Crippen molar-refractivity contribution in [2.75, 3.05) is 0 Å². The van der Waals surface area contributed by atoms with E-state index in [1.165, 1.54) is 5.57 Å². The molecule has 0 bridgehead atoms. The van der Waals surface area contributed by atoms with Crippen LogP contribution in [0.1, 0.15) is 46.5 Å². The monoisotopic (exact) mass is 231 g/mol. The zero-order chi connectivity index (χ0) is 12.8. The number of nitrogens with zero attached hydrogens (tertiary/aromatic N) is 1. The summed E-state index contributed by atoms with van der Waals surface area (Å²) >= 11 is 0. The minimum Gasteiger partial charge on any atom is -0.298 e. The molecule has 0 aliphatic heterocycles. The molecule has 2 aliphatic rings. The molecule has 2 saturated carbocycles. The normalized spacial score (nSPS) is 40.6. The highest BCUT2D eigenvalue weighted by Gasteiger charge is 2.55. The number of allylic oxidation sites excluding steroid dienone is 1. The number of nitriles is 1. The summed E-state index contributed by atoms with van der Waals surface area (Å²) < 4.78 is 0. The molecule has 17 heavy (non-hydrogen) atoms. The first-order valence-corrected chi connectivity index (χ1v) is 6.42. The molecule has 0 aromatic rings. The summed E-state index contributed by atoms with van der Waals surface area (Å²) in [5.74, 6) is 0.129. The number of hydrogen-bond donors (Lipinski definition) is 0. The first kappa shape index (κ1) is 12.4. The van der Waals surface area contributed by atoms with Gasteiger partial charge in [0.2, 0.25) is 0 Å². The minimum atomic E-state index is -0.419. The molecule has 2 rings (SSSR count). The molecule has 0 N–H and O–H groups in total. The van der Waals surface area contributed by atoms with Gasteiger partial charge in [-0.2, -0.15) is 5.26 Å². The van der Waals surface area contributed by atoms with Gasteiger partial charge in [0.1, 0.15) is 5.92 Å². The molecular weight excluding hydrogens is 210 g/mol. The van der Waals surface area contributed by atoms with Crippen LogP contribution in [0.4, 0.5) is 0 Å². The summed E-state index contributed by atoms with van der Waals surface area (Å²) in [6.45, 7) is 10.4. The Balaban J connectivity index is 2.41. The summed E-state index contributed by atoms with van der Waals surface area (Å²) in [6, 6.07) is 2.20. The largest absolute Gasteiger partial charge is 0.298 e. The van der Waals surface area contributed by atoms with Gasteiger partial charge >= 0.3 is 0 Å². The average Bonchev–Trinajstić information content (AvgIpc) is 2.23. The van der Waals surface area contributed by atoms with Crippen LogP contribution in [0.2, 0.25) is 0 Å². The Morgan fingerprint density at radius 3 is 2.65 bits per heavy atom. The van der Waals surface area contributed by atoms with E-state index in [4.69, 9.17) is 0 Å². The van der Waals surface area contributed by atoms with E-state index in [2.05, 4.69) is 19.6 Å². The van der Waals surface area contributed by atoms with E-state index >= 15 is 0 Å². The Bertz CT molecular complexity index is 415. The molecule has 0 radical (unpaired) electrons. The maximum atomic E-state index is 12.3. The van der Waals surface area contributed by atoms with E-state index in [0.29, 0.717) is 5.92 Å². The van der Waals surface area contributed by atoms with Crippen LogP contribution < -0.4 is 0 Å². The number of rotatable bonds is 0. The van der Waals surface area contributed by atoms with Crippen molar-refractivity contribution in [3.63, 3.8) is 0 Å². The Hall–Kier alpha value is -1.10. The van der Waals surface area contributed by atoms with Crippen molar-refractivity contribution in [1.29, 1.82) is 5.26 Å². The lowest BCUT2D eigenvalue weighted by molar-refractivity contribution is -0.145. The Morgan fingerprint density at radius 1 is 1.41 bits per heavy atom. The molecule has 0 aromatic carbocycles. The summed E-state index contributed by atoms with van der Waals surface area (Å²) in [7, 11) is 0. The summed E-state index contributed by atoms with van der Waals surface area (Å²) in [6.07, 6.45) is 3.78. The second-order valence-electron chi connectivity index (χ2n) is 6.64. The van der Waals surface area contributed by atoms with Gasteiger partial charge < -0.3 is 0 Å². The zero-order valence-electron chi connectivity index (χ0n) is 11.0. The van der Waals surface area contributed by atoms with Gasteiger partial charge in [0.15, 0.2) is 5.78 Å². The fraction of sp³-hybridized carbons (Fsp3) is 0.733. The molecule has 2 aliphatic carbocycles. The third-order valence-corrected chi connectivity index (χ3v) is 4.93. The van der Waals surface area contributed by atoms with Crippen molar-refractivity contribution in [2.24, 2.45) is 22.7 Å². The first-order valence-electron chi connectivity index (χ1n) is 6.42. The smallest absolute Gasteiger partial charge is 0.155 e. The summed E-state index contributed by atoms with van der Waals surface area (Å²) in [5.41, 5.74) is 1.02. The van der Waals surface area contributed by atoms with Gasteiger partial charge in [-0.25, -0.2) is 0 Å². The maximum absolute atomic E-state index is 12.3. The Kier molecular flexibility index (Phi) is 2.69. The molecule has 0 amide bonds. The van der Waals surface area contributed by atoms with Gasteiger partial charge in [-0.1, -0.05) is 32.9 Å². The highest BCUT2D eigenvalue weighted by molar-refractivity contribution is 5.89. The highest BCUT2D eigenvalue weighted by atomic mass is 16.1. The van der Waals surface area contributed by atoms with Crippen molar-refractivity contribution >= 4 is 5.78 Å². The van der Waals surface area contributed by atoms with Crippen molar-refractivity contribution in [2.45, 2.75) is 46.5 Å². The number of Topliss-reactive ketones (excluding diaryl/α,β-unsaturated/α-hetero) is 1. The van der Waals surface area contributed by atoms with Gasteiger partial charge in [-0.05, 0) is 37.0 Å². The SMILES string of the molecule is C=C1CC[C@H]2C(C)(C)C(=O)C(C#N)C[C@]2(C)C1. The highest BCUT2D eigenvalue weighted by Crippen LogP contribution is 2.58. The molecule has 3 atom stereocenters. The number of hydrogen-bond acceptors (Lipinski definition) is 2. The molecule has 2 heteroatoms. The lowest BCUT2D eigenvalue weighted by Crippen LogP contribution is -2.52. The topological polar surface area (TPSA) is 40.9 Å². The minimum absolute atomic E-state index is 0.0904. The maximum Gasteiger partial charge on any atom is 0.155 e. The van der Waals surface area contributed by atoms with Gasteiger partial charge in [-0.15, -0.1) is 0 Å². The van der Waals surface area contributed by atoms with Crippen LogP contribution in [0.25, 0.3) is 0 Å². The predicted octanol–water partition coefficient (Wildman–Crippen LogP) is 3.49. The van der Waals surface area contributed by atoms with Crippen molar-refractivity contribution in [3.05, 3.63) is 12.2 Å². The summed E-state index contributed by atoms with van der Waals surface area (Å²) in [5, 5.41) is 9.17. The van der Waals surface area contributed by atoms with Crippen LogP contribution in [-0.2, 0) is 4.79 Å². The number of carbonyl (C=O) groups is 1. The van der Waals surface area contributed by atoms with Crippen molar-refractivity contribution < 1.29 is 4.79 Å². The van der Waals surface area contributed by atoms with Crippen LogP contribution in [0.5, 0.6) is 0 Å². The van der Waals surface area contributed by atoms with Crippen LogP contribution in [0.3, 0.4) is 0 Å². The fourth-order valence-corrected chi connectivity index (χ4v) is 4.21. The standard InChI is InChI=1S/C15H21NO/c1-10-5-6-12-14(2,3)13(17)11(9-16)8-15(12,4)7-10/h11-12H,1,5-8H2,2-4H3/t11?,12-,15-/m0/s1. The van der Waals surface area contributed by atoms with Gasteiger partial charge in [0, 0.05) is 5.41 Å². The third kappa shape index (κ3) is 1.73. The van der Waals surface area contributed by atoms with Gasteiger partial charge in [0.05, 0.1) is 6.07 Å². The molecule has 92 valence electrons. The van der Waals surface area contributed by atoms with Crippen molar-refractivity contribution in [3.8, 4) is 6.07 Å². The van der Waals surface area contributed by atoms with Crippen LogP contribution >= 0.6 is 0 Å². The van der Waals surface area contributed by atoms with Crippen LogP contribution in [0.15, 0.2) is 12.2 Å². The molecule has 2 nitrogen and oxygen atoms in total. The van der Waals surface area contributed by atoms with Crippen LogP contribution in [0, 0.1) is 34.0 Å². The first-order chi connectivity index (χ1) is 7.81. The number of carbonyl (C=O) groups excluding carboxylic acids is 1. The van der Waals surface area contributed by atoms with Crippen LogP contribution in [-0.4, -0.2) is 5.78 Å². The molecular formula is C15H21NO. The molecule has 0 aromatic heterocycles. The molecule has 0 saturated heterocycles. The van der Waals surface area contributed by atoms with E-state index in [1.54, 1.807) is 0 Å². The van der Waals surface area contributed by atoms with E-state index in [1.807, 2.05) is 13.8 Å². The lowest BCUT2D eigenvalue weighted by atomic mass is 9.48. The van der Waals surface area contributed by atoms with E-state index in [-0.39, 0.29) is 16.6 Å². The summed E-state index contributed by atoms with van der Waals surface area (Å²) in [4.78, 5) is 12.3.